The first-order valence-electron chi connectivity index (χ1n) is 9.95. The van der Waals surface area contributed by atoms with Crippen LogP contribution in [-0.2, 0) is 19.6 Å². The van der Waals surface area contributed by atoms with E-state index in [9.17, 15) is 4.79 Å². The number of halogens is 1. The summed E-state index contributed by atoms with van der Waals surface area (Å²) < 4.78 is 1.70. The number of nitrogens with zero attached hydrogens (tertiary/aromatic N) is 2. The van der Waals surface area contributed by atoms with Gasteiger partial charge >= 0.3 is 0 Å². The van der Waals surface area contributed by atoms with Crippen molar-refractivity contribution in [1.82, 2.24) is 15.2 Å². The summed E-state index contributed by atoms with van der Waals surface area (Å²) in [6.07, 6.45) is 1.81. The van der Waals surface area contributed by atoms with Crippen LogP contribution in [0.5, 0.6) is 0 Å². The summed E-state index contributed by atoms with van der Waals surface area (Å²) in [5.41, 5.74) is 4.71. The molecule has 0 aliphatic heterocycles. The molecule has 0 bridgehead atoms. The molecule has 0 fully saturated rings. The van der Waals surface area contributed by atoms with E-state index in [0.29, 0.717) is 19.6 Å². The molecule has 0 spiro atoms. The minimum atomic E-state index is 0. The third-order valence-electron chi connectivity index (χ3n) is 4.58. The summed E-state index contributed by atoms with van der Waals surface area (Å²) in [6.45, 7) is 6.87. The first-order valence-corrected chi connectivity index (χ1v) is 9.95. The molecule has 30 heavy (non-hydrogen) atoms. The average Bonchev–Trinajstić information content (AvgIpc) is 2.73. The van der Waals surface area contributed by atoms with Crippen molar-refractivity contribution in [2.75, 3.05) is 6.54 Å². The van der Waals surface area contributed by atoms with Gasteiger partial charge in [-0.05, 0) is 36.6 Å². The van der Waals surface area contributed by atoms with E-state index in [-0.39, 0.29) is 29.5 Å². The van der Waals surface area contributed by atoms with Crippen molar-refractivity contribution in [2.45, 2.75) is 33.5 Å². The number of hydrogen-bond donors (Lipinski definition) is 2. The minimum absolute atomic E-state index is 0. The SMILES string of the molecule is CCNC(=NCc1cccc(C)c1)NCc1ccc(Cn2ccccc2=O)cc1.I. The van der Waals surface area contributed by atoms with E-state index in [1.807, 2.05) is 12.3 Å². The van der Waals surface area contributed by atoms with Gasteiger partial charge in [-0.1, -0.05) is 60.2 Å². The van der Waals surface area contributed by atoms with E-state index >= 15 is 0 Å². The highest BCUT2D eigenvalue weighted by atomic mass is 127. The van der Waals surface area contributed by atoms with E-state index in [1.165, 1.54) is 11.1 Å². The van der Waals surface area contributed by atoms with E-state index in [1.54, 1.807) is 16.7 Å². The Morgan fingerprint density at radius 3 is 2.40 bits per heavy atom. The maximum atomic E-state index is 11.8. The van der Waals surface area contributed by atoms with Crippen molar-refractivity contribution >= 4 is 29.9 Å². The Balaban J connectivity index is 0.00000320. The third kappa shape index (κ3) is 7.33. The molecule has 6 heteroatoms. The van der Waals surface area contributed by atoms with Gasteiger partial charge in [0.25, 0.3) is 5.56 Å². The second-order valence-electron chi connectivity index (χ2n) is 7.02. The van der Waals surface area contributed by atoms with Crippen molar-refractivity contribution in [1.29, 1.82) is 0 Å². The highest BCUT2D eigenvalue weighted by Gasteiger charge is 2.01. The number of rotatable bonds is 7. The Bertz CT molecular complexity index is 1010. The largest absolute Gasteiger partial charge is 0.357 e. The van der Waals surface area contributed by atoms with Gasteiger partial charge in [-0.2, -0.15) is 0 Å². The number of aryl methyl sites for hydroxylation is 1. The average molecular weight is 516 g/mol. The van der Waals surface area contributed by atoms with Crippen LogP contribution in [0.1, 0.15) is 29.2 Å². The highest BCUT2D eigenvalue weighted by molar-refractivity contribution is 14.0. The molecule has 0 aliphatic carbocycles. The molecule has 1 heterocycles. The molecule has 0 amide bonds. The van der Waals surface area contributed by atoms with E-state index in [2.05, 4.69) is 78.0 Å². The number of pyridine rings is 1. The molecule has 0 saturated heterocycles. The molecule has 0 aliphatic rings. The van der Waals surface area contributed by atoms with Crippen LogP contribution in [0.3, 0.4) is 0 Å². The van der Waals surface area contributed by atoms with Gasteiger partial charge in [0, 0.05) is 25.4 Å². The van der Waals surface area contributed by atoms with Gasteiger partial charge < -0.3 is 15.2 Å². The molecule has 0 saturated carbocycles. The van der Waals surface area contributed by atoms with Crippen LogP contribution in [0.2, 0.25) is 0 Å². The quantitative estimate of drug-likeness (QED) is 0.283. The number of guanidine groups is 1. The Morgan fingerprint density at radius 1 is 0.933 bits per heavy atom. The molecular weight excluding hydrogens is 487 g/mol. The summed E-state index contributed by atoms with van der Waals surface area (Å²) in [4.78, 5) is 16.5. The van der Waals surface area contributed by atoms with Gasteiger partial charge in [-0.15, -0.1) is 24.0 Å². The number of benzene rings is 2. The van der Waals surface area contributed by atoms with Crippen molar-refractivity contribution in [3.8, 4) is 0 Å². The van der Waals surface area contributed by atoms with Crippen LogP contribution in [0.15, 0.2) is 82.7 Å². The molecule has 0 radical (unpaired) electrons. The number of aliphatic imine (C=N–C) groups is 1. The van der Waals surface area contributed by atoms with Crippen molar-refractivity contribution in [2.24, 2.45) is 4.99 Å². The van der Waals surface area contributed by atoms with E-state index in [4.69, 9.17) is 0 Å². The summed E-state index contributed by atoms with van der Waals surface area (Å²) in [6, 6.07) is 21.9. The summed E-state index contributed by atoms with van der Waals surface area (Å²) >= 11 is 0. The smallest absolute Gasteiger partial charge is 0.250 e. The maximum absolute atomic E-state index is 11.8. The lowest BCUT2D eigenvalue weighted by atomic mass is 10.1. The fourth-order valence-electron chi connectivity index (χ4n) is 3.06. The predicted molar refractivity (Wildman–Crippen MR) is 134 cm³/mol. The van der Waals surface area contributed by atoms with Gasteiger partial charge in [-0.25, -0.2) is 4.99 Å². The van der Waals surface area contributed by atoms with E-state index in [0.717, 1.165) is 23.6 Å². The van der Waals surface area contributed by atoms with E-state index < -0.39 is 0 Å². The predicted octanol–water partition coefficient (Wildman–Crippen LogP) is 4.08. The van der Waals surface area contributed by atoms with Crippen LogP contribution in [-0.4, -0.2) is 17.1 Å². The Kier molecular flexibility index (Phi) is 9.60. The zero-order chi connectivity index (χ0) is 20.5. The van der Waals surface area contributed by atoms with Gasteiger partial charge in [0.1, 0.15) is 0 Å². The molecular formula is C24H29IN4O. The Labute approximate surface area is 195 Å². The van der Waals surface area contributed by atoms with Crippen LogP contribution < -0.4 is 16.2 Å². The Morgan fingerprint density at radius 2 is 1.70 bits per heavy atom. The number of aromatic nitrogens is 1. The molecule has 3 aromatic rings. The minimum Gasteiger partial charge on any atom is -0.357 e. The van der Waals surface area contributed by atoms with Crippen molar-refractivity contribution in [3.63, 3.8) is 0 Å². The van der Waals surface area contributed by atoms with Crippen molar-refractivity contribution in [3.05, 3.63) is 106 Å². The molecule has 5 nitrogen and oxygen atoms in total. The maximum Gasteiger partial charge on any atom is 0.250 e. The van der Waals surface area contributed by atoms with Crippen LogP contribution in [0, 0.1) is 6.92 Å². The number of nitrogens with one attached hydrogen (secondary N) is 2. The summed E-state index contributed by atoms with van der Waals surface area (Å²) in [5, 5.41) is 6.67. The molecule has 0 unspecified atom stereocenters. The monoisotopic (exact) mass is 516 g/mol. The lowest BCUT2D eigenvalue weighted by Gasteiger charge is -2.12. The molecule has 2 aromatic carbocycles. The lowest BCUT2D eigenvalue weighted by molar-refractivity contribution is 0.758. The fraction of sp³-hybridized carbons (Fsp3) is 0.250. The molecule has 3 rings (SSSR count). The van der Waals surface area contributed by atoms with Crippen LogP contribution in [0.4, 0.5) is 0 Å². The fourth-order valence-corrected chi connectivity index (χ4v) is 3.06. The third-order valence-corrected chi connectivity index (χ3v) is 4.58. The highest BCUT2D eigenvalue weighted by Crippen LogP contribution is 2.07. The van der Waals surface area contributed by atoms with Gasteiger partial charge in [-0.3, -0.25) is 4.79 Å². The molecule has 2 N–H and O–H groups in total. The first-order chi connectivity index (χ1) is 14.1. The topological polar surface area (TPSA) is 58.4 Å². The van der Waals surface area contributed by atoms with Crippen LogP contribution in [0.25, 0.3) is 0 Å². The summed E-state index contributed by atoms with van der Waals surface area (Å²) in [5.74, 6) is 0.800. The zero-order valence-corrected chi connectivity index (χ0v) is 19.8. The first kappa shape index (κ1) is 23.7. The molecule has 0 atom stereocenters. The van der Waals surface area contributed by atoms with Gasteiger partial charge in [0.05, 0.1) is 13.1 Å². The summed E-state index contributed by atoms with van der Waals surface area (Å²) in [7, 11) is 0. The second kappa shape index (κ2) is 12.2. The molecule has 158 valence electrons. The van der Waals surface area contributed by atoms with Gasteiger partial charge in [0.2, 0.25) is 0 Å². The van der Waals surface area contributed by atoms with Gasteiger partial charge in [0.15, 0.2) is 5.96 Å². The number of hydrogen-bond acceptors (Lipinski definition) is 2. The Hall–Kier alpha value is -2.61. The molecule has 1 aromatic heterocycles. The standard InChI is InChI=1S/C24H28N4O.HI/c1-3-25-24(27-17-22-8-6-7-19(2)15-22)26-16-20-10-12-21(13-11-20)18-28-14-5-4-9-23(28)29;/h4-15H,3,16-18H2,1-2H3,(H2,25,26,27);1H. The van der Waals surface area contributed by atoms with Crippen molar-refractivity contribution < 1.29 is 0 Å². The normalized spacial score (nSPS) is 10.9. The zero-order valence-electron chi connectivity index (χ0n) is 17.5. The second-order valence-corrected chi connectivity index (χ2v) is 7.02. The lowest BCUT2D eigenvalue weighted by Crippen LogP contribution is -2.36. The van der Waals surface area contributed by atoms with Crippen LogP contribution >= 0.6 is 24.0 Å².